The first kappa shape index (κ1) is 21.7. The van der Waals surface area contributed by atoms with E-state index in [0.29, 0.717) is 11.1 Å². The SMILES string of the molecule is CC[N+](C)(CC)CCCC(C)Nc1c2ccc(Cl)cc2nc2ccc(OC)cc12. The second kappa shape index (κ2) is 9.19. The van der Waals surface area contributed by atoms with Crippen molar-refractivity contribution in [3.63, 3.8) is 0 Å². The van der Waals surface area contributed by atoms with Crippen molar-refractivity contribution in [1.29, 1.82) is 0 Å². The van der Waals surface area contributed by atoms with Crippen molar-refractivity contribution in [3.8, 4) is 5.75 Å². The molecule has 0 fully saturated rings. The van der Waals surface area contributed by atoms with E-state index in [1.165, 1.54) is 26.1 Å². The smallest absolute Gasteiger partial charge is 0.119 e. The Morgan fingerprint density at radius 2 is 1.83 bits per heavy atom. The number of aromatic nitrogens is 1. The highest BCUT2D eigenvalue weighted by molar-refractivity contribution is 6.31. The largest absolute Gasteiger partial charge is 0.497 e. The van der Waals surface area contributed by atoms with Gasteiger partial charge in [0.05, 0.1) is 50.5 Å². The van der Waals surface area contributed by atoms with Crippen LogP contribution in [0, 0.1) is 0 Å². The van der Waals surface area contributed by atoms with Gasteiger partial charge in [0.1, 0.15) is 5.75 Å². The van der Waals surface area contributed by atoms with Gasteiger partial charge in [-0.25, -0.2) is 4.98 Å². The Morgan fingerprint density at radius 1 is 1.07 bits per heavy atom. The zero-order chi connectivity index (χ0) is 21.0. The van der Waals surface area contributed by atoms with Crippen LogP contribution in [0.25, 0.3) is 21.8 Å². The molecule has 1 aromatic heterocycles. The molecule has 0 amide bonds. The fourth-order valence-electron chi connectivity index (χ4n) is 3.82. The molecule has 3 rings (SSSR count). The highest BCUT2D eigenvalue weighted by atomic mass is 35.5. The number of fused-ring (bicyclic) bond motifs is 2. The van der Waals surface area contributed by atoms with Crippen molar-refractivity contribution >= 4 is 39.1 Å². The summed E-state index contributed by atoms with van der Waals surface area (Å²) in [4.78, 5) is 4.82. The molecule has 0 aliphatic rings. The third-order valence-corrected chi connectivity index (χ3v) is 6.43. The molecular weight excluding hydrogens is 382 g/mol. The predicted octanol–water partition coefficient (Wildman–Crippen LogP) is 6.12. The van der Waals surface area contributed by atoms with E-state index in [1.54, 1.807) is 7.11 Å². The van der Waals surface area contributed by atoms with Gasteiger partial charge >= 0.3 is 0 Å². The summed E-state index contributed by atoms with van der Waals surface area (Å²) in [6.07, 6.45) is 2.32. The molecule has 0 saturated carbocycles. The molecular formula is C24H33ClN3O+. The first-order valence-electron chi connectivity index (χ1n) is 10.6. The van der Waals surface area contributed by atoms with Crippen LogP contribution >= 0.6 is 11.6 Å². The predicted molar refractivity (Wildman–Crippen MR) is 125 cm³/mol. The molecule has 1 N–H and O–H groups in total. The van der Waals surface area contributed by atoms with E-state index in [0.717, 1.165) is 44.1 Å². The van der Waals surface area contributed by atoms with E-state index in [1.807, 2.05) is 24.3 Å². The van der Waals surface area contributed by atoms with E-state index in [2.05, 4.69) is 45.3 Å². The van der Waals surface area contributed by atoms with Gasteiger partial charge in [0.25, 0.3) is 0 Å². The van der Waals surface area contributed by atoms with Gasteiger partial charge in [-0.2, -0.15) is 0 Å². The van der Waals surface area contributed by atoms with Crippen molar-refractivity contribution < 1.29 is 9.22 Å². The van der Waals surface area contributed by atoms with Gasteiger partial charge in [-0.15, -0.1) is 0 Å². The van der Waals surface area contributed by atoms with Crippen LogP contribution in [0.4, 0.5) is 5.69 Å². The van der Waals surface area contributed by atoms with Crippen molar-refractivity contribution in [3.05, 3.63) is 41.4 Å². The third-order valence-electron chi connectivity index (χ3n) is 6.20. The quantitative estimate of drug-likeness (QED) is 0.338. The van der Waals surface area contributed by atoms with Crippen molar-refractivity contribution in [2.45, 2.75) is 39.7 Å². The second-order valence-corrected chi connectivity index (χ2v) is 8.63. The Kier molecular flexibility index (Phi) is 6.86. The number of benzene rings is 2. The van der Waals surface area contributed by atoms with Gasteiger partial charge < -0.3 is 14.5 Å². The average Bonchev–Trinajstić information content (AvgIpc) is 2.72. The Labute approximate surface area is 179 Å². The second-order valence-electron chi connectivity index (χ2n) is 8.19. The fraction of sp³-hybridized carbons (Fsp3) is 0.458. The summed E-state index contributed by atoms with van der Waals surface area (Å²) in [6, 6.07) is 12.3. The molecule has 5 heteroatoms. The number of anilines is 1. The minimum atomic E-state index is 0.354. The van der Waals surface area contributed by atoms with Gasteiger partial charge in [-0.1, -0.05) is 11.6 Å². The van der Waals surface area contributed by atoms with E-state index in [4.69, 9.17) is 21.3 Å². The lowest BCUT2D eigenvalue weighted by molar-refractivity contribution is -0.906. The van der Waals surface area contributed by atoms with Crippen molar-refractivity contribution in [1.82, 2.24) is 4.98 Å². The lowest BCUT2D eigenvalue weighted by Crippen LogP contribution is -2.44. The van der Waals surface area contributed by atoms with Crippen molar-refractivity contribution in [2.75, 3.05) is 39.1 Å². The van der Waals surface area contributed by atoms with Gasteiger partial charge in [0.2, 0.25) is 0 Å². The molecule has 29 heavy (non-hydrogen) atoms. The summed E-state index contributed by atoms with van der Waals surface area (Å²) < 4.78 is 6.59. The number of pyridine rings is 1. The zero-order valence-electron chi connectivity index (χ0n) is 18.3. The summed E-state index contributed by atoms with van der Waals surface area (Å²) in [5.41, 5.74) is 2.96. The van der Waals surface area contributed by atoms with Crippen LogP contribution in [-0.2, 0) is 0 Å². The van der Waals surface area contributed by atoms with E-state index < -0.39 is 0 Å². The number of quaternary nitrogens is 1. The number of hydrogen-bond acceptors (Lipinski definition) is 3. The summed E-state index contributed by atoms with van der Waals surface area (Å²) in [7, 11) is 4.04. The lowest BCUT2D eigenvalue weighted by Gasteiger charge is -2.32. The molecule has 1 heterocycles. The third kappa shape index (κ3) is 4.93. The highest BCUT2D eigenvalue weighted by Crippen LogP contribution is 2.34. The van der Waals surface area contributed by atoms with Crippen LogP contribution < -0.4 is 10.1 Å². The van der Waals surface area contributed by atoms with Gasteiger partial charge in [-0.3, -0.25) is 0 Å². The molecule has 1 unspecified atom stereocenters. The summed E-state index contributed by atoms with van der Waals surface area (Å²) in [5.74, 6) is 0.835. The lowest BCUT2D eigenvalue weighted by atomic mass is 10.1. The number of hydrogen-bond donors (Lipinski definition) is 1. The van der Waals surface area contributed by atoms with Crippen LogP contribution in [0.15, 0.2) is 36.4 Å². The Balaban J connectivity index is 1.91. The minimum Gasteiger partial charge on any atom is -0.497 e. The minimum absolute atomic E-state index is 0.354. The molecule has 0 aliphatic heterocycles. The Morgan fingerprint density at radius 3 is 2.52 bits per heavy atom. The highest BCUT2D eigenvalue weighted by Gasteiger charge is 2.17. The van der Waals surface area contributed by atoms with E-state index >= 15 is 0 Å². The first-order chi connectivity index (χ1) is 13.9. The van der Waals surface area contributed by atoms with Crippen LogP contribution in [0.3, 0.4) is 0 Å². The molecule has 4 nitrogen and oxygen atoms in total. The fourth-order valence-corrected chi connectivity index (χ4v) is 3.98. The maximum absolute atomic E-state index is 6.23. The summed E-state index contributed by atoms with van der Waals surface area (Å²) in [6.45, 7) is 10.4. The number of methoxy groups -OCH3 is 1. The molecule has 0 radical (unpaired) electrons. The molecule has 2 aromatic carbocycles. The molecule has 1 atom stereocenters. The van der Waals surface area contributed by atoms with E-state index in [9.17, 15) is 0 Å². The standard InChI is InChI=1S/C24H33ClN3O/c1-6-28(4,7-2)14-8-9-17(3)26-24-20-12-10-18(25)15-23(20)27-22-13-11-19(29-5)16-21(22)24/h10-13,15-17H,6-9,14H2,1-5H3,(H,26,27)/q+1. The maximum atomic E-state index is 6.23. The number of nitrogens with zero attached hydrogens (tertiary/aromatic N) is 2. The van der Waals surface area contributed by atoms with Crippen molar-refractivity contribution in [2.24, 2.45) is 0 Å². The average molecular weight is 415 g/mol. The molecule has 0 aliphatic carbocycles. The number of nitrogens with one attached hydrogen (secondary N) is 1. The topological polar surface area (TPSA) is 34.2 Å². The molecule has 0 spiro atoms. The van der Waals surface area contributed by atoms with Crippen LogP contribution in [0.1, 0.15) is 33.6 Å². The molecule has 3 aromatic rings. The molecule has 156 valence electrons. The van der Waals surface area contributed by atoms with Gasteiger partial charge in [0.15, 0.2) is 0 Å². The first-order valence-corrected chi connectivity index (χ1v) is 10.9. The maximum Gasteiger partial charge on any atom is 0.119 e. The summed E-state index contributed by atoms with van der Waals surface area (Å²) >= 11 is 6.23. The Hall–Kier alpha value is -2.04. The normalized spacial score (nSPS) is 13.0. The monoisotopic (exact) mass is 414 g/mol. The number of halogens is 1. The summed E-state index contributed by atoms with van der Waals surface area (Å²) in [5, 5.41) is 6.64. The van der Waals surface area contributed by atoms with Crippen LogP contribution in [0.5, 0.6) is 5.75 Å². The number of ether oxygens (including phenoxy) is 1. The zero-order valence-corrected chi connectivity index (χ0v) is 19.0. The number of rotatable bonds is 9. The van der Waals surface area contributed by atoms with Gasteiger partial charge in [-0.05, 0) is 70.0 Å². The van der Waals surface area contributed by atoms with Crippen LogP contribution in [-0.4, -0.2) is 49.3 Å². The van der Waals surface area contributed by atoms with Crippen LogP contribution in [0.2, 0.25) is 5.02 Å². The molecule has 0 bridgehead atoms. The molecule has 0 saturated heterocycles. The Bertz CT molecular complexity index is 985. The van der Waals surface area contributed by atoms with Gasteiger partial charge in [0, 0.05) is 21.8 Å². The van der Waals surface area contributed by atoms with E-state index in [-0.39, 0.29) is 0 Å².